The highest BCUT2D eigenvalue weighted by molar-refractivity contribution is 5.74. The topological polar surface area (TPSA) is 56.7 Å². The molecule has 0 spiro atoms. The van der Waals surface area contributed by atoms with Crippen LogP contribution in [0.4, 0.5) is 10.1 Å². The van der Waals surface area contributed by atoms with E-state index in [1.807, 2.05) is 23.6 Å². The summed E-state index contributed by atoms with van der Waals surface area (Å²) in [6, 6.07) is 8.31. The first-order valence-electron chi connectivity index (χ1n) is 5.52. The smallest absolute Gasteiger partial charge is 0.164 e. The fraction of sp³-hybridized carbons (Fsp3) is 0.0769. The van der Waals surface area contributed by atoms with Crippen molar-refractivity contribution in [2.45, 2.75) is 6.92 Å². The van der Waals surface area contributed by atoms with Gasteiger partial charge >= 0.3 is 0 Å². The van der Waals surface area contributed by atoms with Crippen LogP contribution in [0.2, 0.25) is 0 Å². The molecule has 0 amide bonds. The van der Waals surface area contributed by atoms with Gasteiger partial charge in [-0.15, -0.1) is 0 Å². The molecular weight excluding hydrogens is 231 g/mol. The Morgan fingerprint density at radius 1 is 1.28 bits per heavy atom. The van der Waals surface area contributed by atoms with Crippen LogP contribution in [0.15, 0.2) is 36.5 Å². The van der Waals surface area contributed by atoms with E-state index in [0.717, 1.165) is 22.7 Å². The molecule has 3 aromatic rings. The number of nitrogen functional groups attached to an aromatic ring is 1. The van der Waals surface area contributed by atoms with Gasteiger partial charge in [-0.25, -0.2) is 14.4 Å². The number of halogens is 1. The number of pyridine rings is 1. The lowest BCUT2D eigenvalue weighted by Crippen LogP contribution is -2.00. The monoisotopic (exact) mass is 242 g/mol. The Labute approximate surface area is 103 Å². The molecule has 0 saturated heterocycles. The lowest BCUT2D eigenvalue weighted by atomic mass is 10.2. The summed E-state index contributed by atoms with van der Waals surface area (Å²) in [4.78, 5) is 8.70. The Balaban J connectivity index is 2.30. The molecule has 3 rings (SSSR count). The van der Waals surface area contributed by atoms with Crippen molar-refractivity contribution in [3.8, 4) is 5.69 Å². The average Bonchev–Trinajstić information content (AvgIpc) is 2.69. The van der Waals surface area contributed by atoms with Crippen molar-refractivity contribution in [2.24, 2.45) is 0 Å². The van der Waals surface area contributed by atoms with E-state index < -0.39 is 5.82 Å². The fourth-order valence-electron chi connectivity index (χ4n) is 2.00. The third-order valence-corrected chi connectivity index (χ3v) is 2.82. The Bertz CT molecular complexity index is 733. The van der Waals surface area contributed by atoms with Crippen LogP contribution in [0.3, 0.4) is 0 Å². The van der Waals surface area contributed by atoms with Crippen molar-refractivity contribution in [3.63, 3.8) is 0 Å². The second kappa shape index (κ2) is 3.80. The van der Waals surface area contributed by atoms with Gasteiger partial charge in [-0.05, 0) is 37.3 Å². The Morgan fingerprint density at radius 3 is 2.89 bits per heavy atom. The first-order valence-corrected chi connectivity index (χ1v) is 5.52. The third-order valence-electron chi connectivity index (χ3n) is 2.82. The van der Waals surface area contributed by atoms with Gasteiger partial charge in [0.1, 0.15) is 17.2 Å². The molecule has 18 heavy (non-hydrogen) atoms. The normalized spacial score (nSPS) is 11.0. The predicted octanol–water partition coefficient (Wildman–Crippen LogP) is 2.45. The van der Waals surface area contributed by atoms with Crippen LogP contribution in [-0.4, -0.2) is 14.5 Å². The maximum Gasteiger partial charge on any atom is 0.164 e. The Kier molecular flexibility index (Phi) is 2.26. The fourth-order valence-corrected chi connectivity index (χ4v) is 2.00. The number of rotatable bonds is 1. The van der Waals surface area contributed by atoms with Crippen LogP contribution in [0, 0.1) is 12.7 Å². The van der Waals surface area contributed by atoms with E-state index >= 15 is 0 Å². The summed E-state index contributed by atoms with van der Waals surface area (Å²) < 4.78 is 15.0. The van der Waals surface area contributed by atoms with E-state index in [-0.39, 0.29) is 5.69 Å². The highest BCUT2D eigenvalue weighted by atomic mass is 19.1. The molecular formula is C13H11FN4. The Hall–Kier alpha value is -2.43. The quantitative estimate of drug-likeness (QED) is 0.667. The maximum atomic E-state index is 13.2. The van der Waals surface area contributed by atoms with E-state index in [2.05, 4.69) is 9.97 Å². The zero-order valence-electron chi connectivity index (χ0n) is 9.76. The van der Waals surface area contributed by atoms with E-state index in [9.17, 15) is 4.39 Å². The largest absolute Gasteiger partial charge is 0.396 e. The van der Waals surface area contributed by atoms with E-state index in [4.69, 9.17) is 5.73 Å². The molecule has 0 aliphatic rings. The van der Waals surface area contributed by atoms with Crippen molar-refractivity contribution in [1.29, 1.82) is 0 Å². The van der Waals surface area contributed by atoms with E-state index in [1.54, 1.807) is 18.3 Å². The SMILES string of the molecule is Cc1nc2cccnc2n1-c1ccc(F)c(N)c1. The molecule has 1 aromatic carbocycles. The van der Waals surface area contributed by atoms with Gasteiger partial charge < -0.3 is 5.73 Å². The van der Waals surface area contributed by atoms with Gasteiger partial charge in [0.15, 0.2) is 5.65 Å². The number of aromatic nitrogens is 3. The summed E-state index contributed by atoms with van der Waals surface area (Å²) in [5.41, 5.74) is 8.00. The summed E-state index contributed by atoms with van der Waals surface area (Å²) >= 11 is 0. The second-order valence-corrected chi connectivity index (χ2v) is 4.05. The number of aryl methyl sites for hydroxylation is 1. The third kappa shape index (κ3) is 1.52. The predicted molar refractivity (Wildman–Crippen MR) is 68.0 cm³/mol. The molecule has 4 nitrogen and oxygen atoms in total. The standard InChI is InChI=1S/C13H11FN4/c1-8-17-12-3-2-6-16-13(12)18(8)9-4-5-10(14)11(15)7-9/h2-7H,15H2,1H3. The van der Waals surface area contributed by atoms with Crippen molar-refractivity contribution in [3.05, 3.63) is 48.2 Å². The van der Waals surface area contributed by atoms with Gasteiger partial charge in [0.05, 0.1) is 11.4 Å². The van der Waals surface area contributed by atoms with Crippen LogP contribution < -0.4 is 5.73 Å². The number of benzene rings is 1. The van der Waals surface area contributed by atoms with Crippen molar-refractivity contribution in [1.82, 2.24) is 14.5 Å². The van der Waals surface area contributed by atoms with Gasteiger partial charge in [0, 0.05) is 6.20 Å². The van der Waals surface area contributed by atoms with E-state index in [0.29, 0.717) is 0 Å². The molecule has 0 fully saturated rings. The van der Waals surface area contributed by atoms with Crippen LogP contribution in [0.1, 0.15) is 5.82 Å². The summed E-state index contributed by atoms with van der Waals surface area (Å²) in [7, 11) is 0. The minimum absolute atomic E-state index is 0.115. The molecule has 5 heteroatoms. The minimum Gasteiger partial charge on any atom is -0.396 e. The maximum absolute atomic E-state index is 13.2. The number of hydrogen-bond donors (Lipinski definition) is 1. The highest BCUT2D eigenvalue weighted by Gasteiger charge is 2.10. The highest BCUT2D eigenvalue weighted by Crippen LogP contribution is 2.22. The Morgan fingerprint density at radius 2 is 2.11 bits per heavy atom. The first kappa shape index (κ1) is 10.7. The van der Waals surface area contributed by atoms with Crippen LogP contribution >= 0.6 is 0 Å². The number of nitrogens with zero attached hydrogens (tertiary/aromatic N) is 3. The zero-order valence-corrected chi connectivity index (χ0v) is 9.76. The number of imidazole rings is 1. The van der Waals surface area contributed by atoms with Crippen molar-refractivity contribution < 1.29 is 4.39 Å². The molecule has 0 aliphatic heterocycles. The van der Waals surface area contributed by atoms with Crippen LogP contribution in [0.5, 0.6) is 0 Å². The molecule has 2 N–H and O–H groups in total. The average molecular weight is 242 g/mol. The van der Waals surface area contributed by atoms with Gasteiger partial charge in [-0.1, -0.05) is 0 Å². The van der Waals surface area contributed by atoms with Crippen LogP contribution in [0.25, 0.3) is 16.9 Å². The summed E-state index contributed by atoms with van der Waals surface area (Å²) in [6.07, 6.45) is 1.70. The number of hydrogen-bond acceptors (Lipinski definition) is 3. The van der Waals surface area contributed by atoms with Crippen molar-refractivity contribution in [2.75, 3.05) is 5.73 Å². The van der Waals surface area contributed by atoms with Crippen LogP contribution in [-0.2, 0) is 0 Å². The molecule has 0 aliphatic carbocycles. The summed E-state index contributed by atoms with van der Waals surface area (Å²) in [6.45, 7) is 1.88. The summed E-state index contributed by atoms with van der Waals surface area (Å²) in [5.74, 6) is 0.364. The molecule has 0 saturated carbocycles. The molecule has 2 heterocycles. The molecule has 0 bridgehead atoms. The molecule has 0 atom stereocenters. The zero-order chi connectivity index (χ0) is 12.7. The molecule has 0 unspecified atom stereocenters. The van der Waals surface area contributed by atoms with Gasteiger partial charge in [-0.2, -0.15) is 0 Å². The lowest BCUT2D eigenvalue weighted by molar-refractivity contribution is 0.632. The number of anilines is 1. The molecule has 2 aromatic heterocycles. The first-order chi connectivity index (χ1) is 8.66. The van der Waals surface area contributed by atoms with Gasteiger partial charge in [-0.3, -0.25) is 4.57 Å². The van der Waals surface area contributed by atoms with Gasteiger partial charge in [0.2, 0.25) is 0 Å². The number of nitrogens with two attached hydrogens (primary N) is 1. The molecule has 0 radical (unpaired) electrons. The van der Waals surface area contributed by atoms with E-state index in [1.165, 1.54) is 6.07 Å². The van der Waals surface area contributed by atoms with Crippen molar-refractivity contribution >= 4 is 16.9 Å². The second-order valence-electron chi connectivity index (χ2n) is 4.05. The number of fused-ring (bicyclic) bond motifs is 1. The van der Waals surface area contributed by atoms with Gasteiger partial charge in [0.25, 0.3) is 0 Å². The summed E-state index contributed by atoms with van der Waals surface area (Å²) in [5, 5.41) is 0. The minimum atomic E-state index is -0.422. The molecule has 90 valence electrons. The lowest BCUT2D eigenvalue weighted by Gasteiger charge is -2.07.